The predicted molar refractivity (Wildman–Crippen MR) is 93.3 cm³/mol. The van der Waals surface area contributed by atoms with Crippen LogP contribution in [0, 0.1) is 17.1 Å². The number of nitriles is 1. The molecule has 0 radical (unpaired) electrons. The van der Waals surface area contributed by atoms with Crippen LogP contribution in [-0.2, 0) is 13.1 Å². The minimum atomic E-state index is -0.724. The first-order chi connectivity index (χ1) is 12.6. The lowest BCUT2D eigenvalue weighted by molar-refractivity contribution is 0.174. The molecule has 0 aliphatic rings. The molecule has 2 N–H and O–H groups in total. The molecule has 6 nitrogen and oxygen atoms in total. The molecule has 0 bridgehead atoms. The summed E-state index contributed by atoms with van der Waals surface area (Å²) in [5, 5.41) is 26.5. The summed E-state index contributed by atoms with van der Waals surface area (Å²) in [6.07, 6.45) is 0.868. The SMILES string of the molecule is N#Cc1cccc(C(O)CNCc2ncn(Cc3cccc(F)c3)n2)c1. The van der Waals surface area contributed by atoms with Gasteiger partial charge in [0.25, 0.3) is 0 Å². The van der Waals surface area contributed by atoms with Gasteiger partial charge in [-0.3, -0.25) is 0 Å². The van der Waals surface area contributed by atoms with Gasteiger partial charge in [0, 0.05) is 6.54 Å². The first-order valence-electron chi connectivity index (χ1n) is 8.15. The Bertz CT molecular complexity index is 918. The number of benzene rings is 2. The van der Waals surface area contributed by atoms with Crippen molar-refractivity contribution in [1.29, 1.82) is 5.26 Å². The van der Waals surface area contributed by atoms with Crippen molar-refractivity contribution < 1.29 is 9.50 Å². The molecular weight excluding hydrogens is 333 g/mol. The smallest absolute Gasteiger partial charge is 0.164 e. The summed E-state index contributed by atoms with van der Waals surface area (Å²) in [4.78, 5) is 4.20. The van der Waals surface area contributed by atoms with E-state index in [1.165, 1.54) is 12.1 Å². The Morgan fingerprint density at radius 3 is 2.88 bits per heavy atom. The number of hydrogen-bond acceptors (Lipinski definition) is 5. The second-order valence-corrected chi connectivity index (χ2v) is 5.87. The molecule has 0 aliphatic heterocycles. The summed E-state index contributed by atoms with van der Waals surface area (Å²) in [5.74, 6) is 0.304. The molecule has 26 heavy (non-hydrogen) atoms. The molecule has 0 saturated heterocycles. The van der Waals surface area contributed by atoms with Crippen molar-refractivity contribution in [2.24, 2.45) is 0 Å². The number of nitrogens with zero attached hydrogens (tertiary/aromatic N) is 4. The van der Waals surface area contributed by atoms with E-state index in [0.717, 1.165) is 5.56 Å². The quantitative estimate of drug-likeness (QED) is 0.681. The molecule has 3 aromatic rings. The fourth-order valence-corrected chi connectivity index (χ4v) is 2.57. The Hall–Kier alpha value is -3.08. The molecule has 0 saturated carbocycles. The Balaban J connectivity index is 1.51. The number of aromatic nitrogens is 3. The molecular formula is C19H18FN5O. The number of aliphatic hydroxyl groups excluding tert-OH is 1. The number of rotatable bonds is 7. The van der Waals surface area contributed by atoms with Gasteiger partial charge in [0.1, 0.15) is 12.1 Å². The highest BCUT2D eigenvalue weighted by molar-refractivity contribution is 5.33. The lowest BCUT2D eigenvalue weighted by atomic mass is 10.1. The Kier molecular flexibility index (Phi) is 5.69. The fraction of sp³-hybridized carbons (Fsp3) is 0.211. The predicted octanol–water partition coefficient (Wildman–Crippen LogP) is 2.16. The lowest BCUT2D eigenvalue weighted by Crippen LogP contribution is -2.22. The van der Waals surface area contributed by atoms with Crippen molar-refractivity contribution in [3.05, 3.63) is 83.2 Å². The monoisotopic (exact) mass is 351 g/mol. The maximum atomic E-state index is 13.2. The van der Waals surface area contributed by atoms with Gasteiger partial charge < -0.3 is 10.4 Å². The minimum absolute atomic E-state index is 0.279. The van der Waals surface area contributed by atoms with Crippen LogP contribution in [-0.4, -0.2) is 26.4 Å². The highest BCUT2D eigenvalue weighted by atomic mass is 19.1. The molecule has 1 unspecified atom stereocenters. The Labute approximate surface area is 150 Å². The Morgan fingerprint density at radius 1 is 1.23 bits per heavy atom. The summed E-state index contributed by atoms with van der Waals surface area (Å²) >= 11 is 0. The number of halogens is 1. The van der Waals surface area contributed by atoms with Crippen LogP contribution in [0.25, 0.3) is 0 Å². The van der Waals surface area contributed by atoms with Gasteiger partial charge >= 0.3 is 0 Å². The molecule has 3 rings (SSSR count). The fourth-order valence-electron chi connectivity index (χ4n) is 2.57. The molecule has 1 aromatic heterocycles. The molecule has 0 aliphatic carbocycles. The lowest BCUT2D eigenvalue weighted by Gasteiger charge is -2.11. The highest BCUT2D eigenvalue weighted by Gasteiger charge is 2.09. The third-order valence-corrected chi connectivity index (χ3v) is 3.84. The van der Waals surface area contributed by atoms with Crippen molar-refractivity contribution in [1.82, 2.24) is 20.1 Å². The van der Waals surface area contributed by atoms with E-state index in [9.17, 15) is 9.50 Å². The van der Waals surface area contributed by atoms with Gasteiger partial charge in [0.2, 0.25) is 0 Å². The third-order valence-electron chi connectivity index (χ3n) is 3.84. The van der Waals surface area contributed by atoms with Crippen molar-refractivity contribution >= 4 is 0 Å². The van der Waals surface area contributed by atoms with Gasteiger partial charge in [-0.05, 0) is 35.4 Å². The largest absolute Gasteiger partial charge is 0.387 e. The Morgan fingerprint density at radius 2 is 2.08 bits per heavy atom. The molecule has 1 atom stereocenters. The summed E-state index contributed by atoms with van der Waals surface area (Å²) in [6.45, 7) is 1.15. The van der Waals surface area contributed by atoms with Crippen LogP contribution >= 0.6 is 0 Å². The highest BCUT2D eigenvalue weighted by Crippen LogP contribution is 2.13. The first-order valence-corrected chi connectivity index (χ1v) is 8.15. The van der Waals surface area contributed by atoms with E-state index in [0.29, 0.717) is 36.6 Å². The van der Waals surface area contributed by atoms with E-state index in [1.807, 2.05) is 6.07 Å². The van der Waals surface area contributed by atoms with Crippen LogP contribution in [0.1, 0.15) is 28.6 Å². The maximum absolute atomic E-state index is 13.2. The van der Waals surface area contributed by atoms with Crippen LogP contribution in [0.4, 0.5) is 4.39 Å². The standard InChI is InChI=1S/C19H18FN5O/c20-17-6-2-4-15(8-17)12-25-13-23-19(24-25)11-22-10-18(26)16-5-1-3-14(7-16)9-21/h1-8,13,18,22,26H,10-12H2. The zero-order valence-electron chi connectivity index (χ0n) is 14.0. The summed E-state index contributed by atoms with van der Waals surface area (Å²) in [5.41, 5.74) is 2.00. The molecule has 0 fully saturated rings. The second-order valence-electron chi connectivity index (χ2n) is 5.87. The number of hydrogen-bond donors (Lipinski definition) is 2. The maximum Gasteiger partial charge on any atom is 0.164 e. The minimum Gasteiger partial charge on any atom is -0.387 e. The van der Waals surface area contributed by atoms with Crippen molar-refractivity contribution in [3.63, 3.8) is 0 Å². The summed E-state index contributed by atoms with van der Waals surface area (Å²) in [7, 11) is 0. The second kappa shape index (κ2) is 8.34. The van der Waals surface area contributed by atoms with E-state index in [4.69, 9.17) is 5.26 Å². The van der Waals surface area contributed by atoms with Gasteiger partial charge in [0.15, 0.2) is 5.82 Å². The number of nitrogens with one attached hydrogen (secondary N) is 1. The molecule has 1 heterocycles. The summed E-state index contributed by atoms with van der Waals surface area (Å²) in [6, 6.07) is 15.3. The van der Waals surface area contributed by atoms with Crippen molar-refractivity contribution in [2.45, 2.75) is 19.2 Å². The zero-order chi connectivity index (χ0) is 18.4. The third kappa shape index (κ3) is 4.72. The normalized spacial score (nSPS) is 11.9. The molecule has 2 aromatic carbocycles. The van der Waals surface area contributed by atoms with Crippen molar-refractivity contribution in [2.75, 3.05) is 6.54 Å². The van der Waals surface area contributed by atoms with E-state index < -0.39 is 6.10 Å². The van der Waals surface area contributed by atoms with E-state index in [2.05, 4.69) is 21.5 Å². The molecule has 0 amide bonds. The van der Waals surface area contributed by atoms with Crippen LogP contribution in [0.15, 0.2) is 54.9 Å². The summed E-state index contributed by atoms with van der Waals surface area (Å²) < 4.78 is 14.8. The van der Waals surface area contributed by atoms with E-state index >= 15 is 0 Å². The van der Waals surface area contributed by atoms with Gasteiger partial charge in [-0.15, -0.1) is 0 Å². The number of aliphatic hydroxyl groups is 1. The molecule has 7 heteroatoms. The van der Waals surface area contributed by atoms with Crippen LogP contribution in [0.3, 0.4) is 0 Å². The van der Waals surface area contributed by atoms with Crippen LogP contribution < -0.4 is 5.32 Å². The average Bonchev–Trinajstić information content (AvgIpc) is 3.09. The first kappa shape index (κ1) is 17.7. The molecule has 132 valence electrons. The van der Waals surface area contributed by atoms with E-state index in [1.54, 1.807) is 41.3 Å². The van der Waals surface area contributed by atoms with Crippen LogP contribution in [0.2, 0.25) is 0 Å². The van der Waals surface area contributed by atoms with Gasteiger partial charge in [-0.2, -0.15) is 10.4 Å². The molecule has 0 spiro atoms. The topological polar surface area (TPSA) is 86.8 Å². The zero-order valence-corrected chi connectivity index (χ0v) is 14.0. The average molecular weight is 351 g/mol. The van der Waals surface area contributed by atoms with Crippen LogP contribution in [0.5, 0.6) is 0 Å². The van der Waals surface area contributed by atoms with Crippen molar-refractivity contribution in [3.8, 4) is 6.07 Å². The van der Waals surface area contributed by atoms with Gasteiger partial charge in [-0.25, -0.2) is 14.1 Å². The van der Waals surface area contributed by atoms with E-state index in [-0.39, 0.29) is 5.82 Å². The van der Waals surface area contributed by atoms with Gasteiger partial charge in [-0.1, -0.05) is 24.3 Å². The van der Waals surface area contributed by atoms with Gasteiger partial charge in [0.05, 0.1) is 30.8 Å².